The van der Waals surface area contributed by atoms with Crippen LogP contribution in [0.15, 0.2) is 0 Å². The molecule has 192 valence electrons. The normalized spacial score (nSPS) is 15.5. The van der Waals surface area contributed by atoms with Crippen molar-refractivity contribution in [3.63, 3.8) is 0 Å². The summed E-state index contributed by atoms with van der Waals surface area (Å²) in [6.45, 7) is 20.7. The molecule has 2 N–H and O–H groups in total. The molecule has 0 fully saturated rings. The Balaban J connectivity index is 5.64. The van der Waals surface area contributed by atoms with Gasteiger partial charge in [-0.1, -0.05) is 34.6 Å². The largest absolute Gasteiger partial charge is 0.461 e. The van der Waals surface area contributed by atoms with Crippen molar-refractivity contribution in [2.45, 2.75) is 112 Å². The molecule has 0 aliphatic rings. The fraction of sp³-hybridized carbons (Fsp3) is 0.960. The second-order valence-electron chi connectivity index (χ2n) is 11.1. The van der Waals surface area contributed by atoms with Gasteiger partial charge >= 0.3 is 5.97 Å². The first-order valence-corrected chi connectivity index (χ1v) is 11.8. The van der Waals surface area contributed by atoms with Crippen LogP contribution in [0.5, 0.6) is 0 Å². The predicted octanol–water partition coefficient (Wildman–Crippen LogP) is 4.12. The Kier molecular flexibility index (Phi) is 12.9. The van der Waals surface area contributed by atoms with E-state index < -0.39 is 22.7 Å². The summed E-state index contributed by atoms with van der Waals surface area (Å²) in [6.07, 6.45) is 1.26. The summed E-state index contributed by atoms with van der Waals surface area (Å²) in [7, 11) is 0. The van der Waals surface area contributed by atoms with Gasteiger partial charge in [0.25, 0.3) is 0 Å². The van der Waals surface area contributed by atoms with E-state index in [0.29, 0.717) is 19.4 Å². The van der Waals surface area contributed by atoms with Crippen molar-refractivity contribution in [2.24, 2.45) is 10.8 Å². The Bertz CT molecular complexity index is 540. The number of rotatable bonds is 17. The molecule has 0 aromatic rings. The molecule has 0 aliphatic carbocycles. The Morgan fingerprint density at radius 1 is 0.875 bits per heavy atom. The van der Waals surface area contributed by atoms with Crippen molar-refractivity contribution in [1.82, 2.24) is 0 Å². The molecule has 0 radical (unpaired) electrons. The first-order chi connectivity index (χ1) is 14.5. The number of aliphatic hydroxyl groups excluding tert-OH is 2. The van der Waals surface area contributed by atoms with Crippen LogP contribution in [0.25, 0.3) is 0 Å². The standard InChI is InChI=1S/C25H50O7/c1-11-22(3,4)21(31-19(2)28)25(9,10)20(18-29-17-15-27)32-24(7,8)13-16-30-23(5,6)12-14-26/h20-21,26-27H,11-18H2,1-10H3. The Morgan fingerprint density at radius 2 is 1.47 bits per heavy atom. The van der Waals surface area contributed by atoms with E-state index in [0.717, 1.165) is 6.42 Å². The molecule has 0 spiro atoms. The molecule has 0 saturated heterocycles. The van der Waals surface area contributed by atoms with E-state index in [1.165, 1.54) is 6.92 Å². The molecule has 0 aromatic heterocycles. The van der Waals surface area contributed by atoms with Gasteiger partial charge in [-0.25, -0.2) is 0 Å². The van der Waals surface area contributed by atoms with Crippen molar-refractivity contribution in [3.8, 4) is 0 Å². The van der Waals surface area contributed by atoms with Crippen LogP contribution in [-0.4, -0.2) is 72.6 Å². The van der Waals surface area contributed by atoms with E-state index in [9.17, 15) is 15.0 Å². The van der Waals surface area contributed by atoms with Crippen LogP contribution < -0.4 is 0 Å². The van der Waals surface area contributed by atoms with Gasteiger partial charge in [-0.15, -0.1) is 0 Å². The first kappa shape index (κ1) is 31.3. The van der Waals surface area contributed by atoms with Gasteiger partial charge in [0.2, 0.25) is 0 Å². The van der Waals surface area contributed by atoms with Gasteiger partial charge < -0.3 is 29.2 Å². The molecule has 0 amide bonds. The molecular weight excluding hydrogens is 412 g/mol. The van der Waals surface area contributed by atoms with Gasteiger partial charge in [0.15, 0.2) is 0 Å². The van der Waals surface area contributed by atoms with Crippen LogP contribution in [0.3, 0.4) is 0 Å². The maximum Gasteiger partial charge on any atom is 0.302 e. The van der Waals surface area contributed by atoms with Crippen molar-refractivity contribution < 1.29 is 34.0 Å². The second kappa shape index (κ2) is 13.2. The van der Waals surface area contributed by atoms with E-state index in [1.807, 2.05) is 41.5 Å². The molecule has 0 rings (SSSR count). The maximum atomic E-state index is 12.0. The van der Waals surface area contributed by atoms with Crippen LogP contribution in [0.1, 0.15) is 88.5 Å². The van der Waals surface area contributed by atoms with Crippen LogP contribution in [0.4, 0.5) is 0 Å². The lowest BCUT2D eigenvalue weighted by atomic mass is 9.67. The van der Waals surface area contributed by atoms with E-state index >= 15 is 0 Å². The molecule has 0 saturated carbocycles. The zero-order valence-electron chi connectivity index (χ0n) is 22.2. The highest BCUT2D eigenvalue weighted by atomic mass is 16.6. The summed E-state index contributed by atoms with van der Waals surface area (Å²) >= 11 is 0. The highest BCUT2D eigenvalue weighted by Gasteiger charge is 2.48. The van der Waals surface area contributed by atoms with Gasteiger partial charge in [0, 0.05) is 24.4 Å². The zero-order valence-corrected chi connectivity index (χ0v) is 22.2. The monoisotopic (exact) mass is 462 g/mol. The molecule has 0 aromatic carbocycles. The molecule has 7 heteroatoms. The molecule has 32 heavy (non-hydrogen) atoms. The average Bonchev–Trinajstić information content (AvgIpc) is 2.64. The Labute approximate surface area is 196 Å². The lowest BCUT2D eigenvalue weighted by Crippen LogP contribution is -2.54. The lowest BCUT2D eigenvalue weighted by Gasteiger charge is -2.48. The fourth-order valence-electron chi connectivity index (χ4n) is 3.85. The summed E-state index contributed by atoms with van der Waals surface area (Å²) in [6, 6.07) is 0. The van der Waals surface area contributed by atoms with Crippen LogP contribution in [0.2, 0.25) is 0 Å². The molecule has 0 bridgehead atoms. The van der Waals surface area contributed by atoms with E-state index in [-0.39, 0.29) is 43.9 Å². The third kappa shape index (κ3) is 10.9. The smallest absolute Gasteiger partial charge is 0.302 e. The summed E-state index contributed by atoms with van der Waals surface area (Å²) in [4.78, 5) is 12.0. The maximum absolute atomic E-state index is 12.0. The minimum atomic E-state index is -0.561. The predicted molar refractivity (Wildman–Crippen MR) is 127 cm³/mol. The molecule has 2 atom stereocenters. The van der Waals surface area contributed by atoms with Crippen molar-refractivity contribution >= 4 is 5.97 Å². The minimum Gasteiger partial charge on any atom is -0.461 e. The minimum absolute atomic E-state index is 0.0713. The number of hydrogen-bond acceptors (Lipinski definition) is 7. The van der Waals surface area contributed by atoms with E-state index in [1.54, 1.807) is 0 Å². The molecule has 0 aliphatic heterocycles. The third-order valence-corrected chi connectivity index (χ3v) is 6.29. The quantitative estimate of drug-likeness (QED) is 0.248. The number of aliphatic hydroxyl groups is 2. The van der Waals surface area contributed by atoms with Gasteiger partial charge in [0.1, 0.15) is 6.10 Å². The topological polar surface area (TPSA) is 94.5 Å². The summed E-state index contributed by atoms with van der Waals surface area (Å²) in [5.41, 5.74) is -1.76. The van der Waals surface area contributed by atoms with E-state index in [4.69, 9.17) is 18.9 Å². The third-order valence-electron chi connectivity index (χ3n) is 6.29. The summed E-state index contributed by atoms with van der Waals surface area (Å²) < 4.78 is 24.1. The zero-order chi connectivity index (χ0) is 25.2. The SMILES string of the molecule is CCC(C)(C)C(OC(C)=O)C(C)(C)C(COCCO)OC(C)(C)CCOC(C)(C)CCO. The molecule has 7 nitrogen and oxygen atoms in total. The average molecular weight is 463 g/mol. The van der Waals surface area contributed by atoms with Crippen molar-refractivity contribution in [1.29, 1.82) is 0 Å². The molecule has 2 unspecified atom stereocenters. The van der Waals surface area contributed by atoms with Gasteiger partial charge in [-0.3, -0.25) is 4.79 Å². The number of hydrogen-bond donors (Lipinski definition) is 2. The number of carbonyl (C=O) groups excluding carboxylic acids is 1. The highest BCUT2D eigenvalue weighted by molar-refractivity contribution is 5.66. The Morgan fingerprint density at radius 3 is 1.94 bits per heavy atom. The van der Waals surface area contributed by atoms with Crippen LogP contribution in [0, 0.1) is 10.8 Å². The number of ether oxygens (including phenoxy) is 4. The van der Waals surface area contributed by atoms with Gasteiger partial charge in [-0.2, -0.15) is 0 Å². The van der Waals surface area contributed by atoms with Crippen molar-refractivity contribution in [3.05, 3.63) is 0 Å². The highest BCUT2D eigenvalue weighted by Crippen LogP contribution is 2.43. The summed E-state index contributed by atoms with van der Waals surface area (Å²) in [5.74, 6) is -0.321. The molecule has 0 heterocycles. The van der Waals surface area contributed by atoms with Crippen LogP contribution in [-0.2, 0) is 23.7 Å². The van der Waals surface area contributed by atoms with Gasteiger partial charge in [-0.05, 0) is 47.0 Å². The number of esters is 1. The first-order valence-electron chi connectivity index (χ1n) is 11.8. The van der Waals surface area contributed by atoms with Crippen molar-refractivity contribution in [2.75, 3.05) is 33.0 Å². The van der Waals surface area contributed by atoms with E-state index in [2.05, 4.69) is 20.8 Å². The Hall–Kier alpha value is -0.730. The molecular formula is C25H50O7. The fourth-order valence-corrected chi connectivity index (χ4v) is 3.85. The van der Waals surface area contributed by atoms with Gasteiger partial charge in [0.05, 0.1) is 43.7 Å². The second-order valence-corrected chi connectivity index (χ2v) is 11.1. The number of carbonyl (C=O) groups is 1. The lowest BCUT2D eigenvalue weighted by molar-refractivity contribution is -0.206. The summed E-state index contributed by atoms with van der Waals surface area (Å²) in [5, 5.41) is 18.4. The van der Waals surface area contributed by atoms with Crippen LogP contribution >= 0.6 is 0 Å².